The molecule has 0 amide bonds. The van der Waals surface area contributed by atoms with Crippen LogP contribution >= 0.6 is 0 Å². The number of rotatable bonds is 3. The maximum atomic E-state index is 5.05. The molecule has 39 heavy (non-hydrogen) atoms. The molecule has 8 aromatic rings. The summed E-state index contributed by atoms with van der Waals surface area (Å²) in [6.07, 6.45) is 3.65. The van der Waals surface area contributed by atoms with Gasteiger partial charge in [-0.1, -0.05) is 91.0 Å². The van der Waals surface area contributed by atoms with E-state index < -0.39 is 0 Å². The van der Waals surface area contributed by atoms with Crippen LogP contribution < -0.4 is 0 Å². The Balaban J connectivity index is 1.42. The highest BCUT2D eigenvalue weighted by molar-refractivity contribution is 6.14. The van der Waals surface area contributed by atoms with E-state index >= 15 is 0 Å². The Morgan fingerprint density at radius 2 is 1.18 bits per heavy atom. The van der Waals surface area contributed by atoms with E-state index in [2.05, 4.69) is 82.2 Å². The van der Waals surface area contributed by atoms with Crippen molar-refractivity contribution in [2.75, 3.05) is 0 Å². The second-order valence-corrected chi connectivity index (χ2v) is 9.61. The van der Waals surface area contributed by atoms with Gasteiger partial charge >= 0.3 is 0 Å². The molecule has 0 radical (unpaired) electrons. The first-order chi connectivity index (χ1) is 19.3. The zero-order valence-corrected chi connectivity index (χ0v) is 20.9. The molecule has 0 saturated heterocycles. The molecular formula is C34H21N5. The Morgan fingerprint density at radius 3 is 1.97 bits per heavy atom. The summed E-state index contributed by atoms with van der Waals surface area (Å²) in [4.78, 5) is 19.2. The molecular weight excluding hydrogens is 478 g/mol. The molecule has 0 bridgehead atoms. The van der Waals surface area contributed by atoms with Crippen molar-refractivity contribution in [2.45, 2.75) is 0 Å². The lowest BCUT2D eigenvalue weighted by Crippen LogP contribution is -1.96. The van der Waals surface area contributed by atoms with Gasteiger partial charge in [-0.05, 0) is 29.7 Å². The van der Waals surface area contributed by atoms with Crippen molar-refractivity contribution in [3.63, 3.8) is 0 Å². The first-order valence-corrected chi connectivity index (χ1v) is 12.9. The third kappa shape index (κ3) is 3.48. The minimum Gasteiger partial charge on any atom is -0.292 e. The molecule has 5 heteroatoms. The van der Waals surface area contributed by atoms with E-state index in [1.54, 1.807) is 0 Å². The van der Waals surface area contributed by atoms with E-state index in [4.69, 9.17) is 15.0 Å². The fraction of sp³-hybridized carbons (Fsp3) is 0. The van der Waals surface area contributed by atoms with Crippen molar-refractivity contribution in [1.29, 1.82) is 0 Å². The van der Waals surface area contributed by atoms with E-state index in [-0.39, 0.29) is 0 Å². The second-order valence-electron chi connectivity index (χ2n) is 9.61. The van der Waals surface area contributed by atoms with Gasteiger partial charge in [-0.2, -0.15) is 0 Å². The van der Waals surface area contributed by atoms with Crippen LogP contribution in [0.2, 0.25) is 0 Å². The first kappa shape index (κ1) is 21.6. The number of fused-ring (bicyclic) bond motifs is 8. The number of nitrogens with zero attached hydrogens (tertiary/aromatic N) is 5. The molecule has 0 N–H and O–H groups in total. The Kier molecular flexibility index (Phi) is 4.76. The molecule has 4 heterocycles. The molecule has 0 atom stereocenters. The molecule has 8 rings (SSSR count). The number of benzene rings is 4. The highest BCUT2D eigenvalue weighted by atomic mass is 15.0. The largest absolute Gasteiger partial charge is 0.292 e. The molecule has 0 saturated carbocycles. The van der Waals surface area contributed by atoms with E-state index in [1.165, 1.54) is 0 Å². The topological polar surface area (TPSA) is 56.0 Å². The number of pyridine rings is 2. The summed E-state index contributed by atoms with van der Waals surface area (Å²) in [6.45, 7) is 0. The van der Waals surface area contributed by atoms with Crippen LogP contribution in [0.5, 0.6) is 0 Å². The highest BCUT2D eigenvalue weighted by Crippen LogP contribution is 2.35. The van der Waals surface area contributed by atoms with Crippen LogP contribution in [0.4, 0.5) is 0 Å². The summed E-state index contributed by atoms with van der Waals surface area (Å²) in [5, 5.41) is 3.41. The lowest BCUT2D eigenvalue weighted by molar-refractivity contribution is 1.18. The molecule has 0 fully saturated rings. The van der Waals surface area contributed by atoms with Crippen molar-refractivity contribution in [1.82, 2.24) is 24.3 Å². The minimum atomic E-state index is 0.709. The average molecular weight is 500 g/mol. The Bertz CT molecular complexity index is 2110. The van der Waals surface area contributed by atoms with Crippen molar-refractivity contribution in [3.8, 4) is 33.9 Å². The smallest absolute Gasteiger partial charge is 0.160 e. The van der Waals surface area contributed by atoms with Gasteiger partial charge in [0.25, 0.3) is 0 Å². The van der Waals surface area contributed by atoms with Crippen LogP contribution in [-0.2, 0) is 0 Å². The summed E-state index contributed by atoms with van der Waals surface area (Å²) in [7, 11) is 0. The number of hydrogen-bond donors (Lipinski definition) is 0. The van der Waals surface area contributed by atoms with Gasteiger partial charge in [0.2, 0.25) is 0 Å². The lowest BCUT2D eigenvalue weighted by Gasteiger charge is -2.12. The van der Waals surface area contributed by atoms with Gasteiger partial charge in [0.05, 0.1) is 28.6 Å². The predicted molar refractivity (Wildman–Crippen MR) is 157 cm³/mol. The Morgan fingerprint density at radius 1 is 0.487 bits per heavy atom. The number of imidazole rings is 1. The van der Waals surface area contributed by atoms with Crippen LogP contribution in [0.25, 0.3) is 72.3 Å². The van der Waals surface area contributed by atoms with E-state index in [1.807, 2.05) is 54.9 Å². The molecule has 0 aliphatic carbocycles. The van der Waals surface area contributed by atoms with Gasteiger partial charge in [0.15, 0.2) is 5.82 Å². The van der Waals surface area contributed by atoms with Crippen molar-refractivity contribution >= 4 is 38.4 Å². The third-order valence-electron chi connectivity index (χ3n) is 7.28. The fourth-order valence-electron chi connectivity index (χ4n) is 5.44. The minimum absolute atomic E-state index is 0.709. The Hall–Kier alpha value is -5.42. The van der Waals surface area contributed by atoms with Crippen molar-refractivity contribution in [3.05, 3.63) is 128 Å². The molecule has 0 aliphatic heterocycles. The van der Waals surface area contributed by atoms with E-state index in [0.717, 1.165) is 66.4 Å². The van der Waals surface area contributed by atoms with Crippen LogP contribution in [0.1, 0.15) is 0 Å². The molecule has 5 nitrogen and oxygen atoms in total. The Labute approximate surface area is 224 Å². The predicted octanol–water partition coefficient (Wildman–Crippen LogP) is 7.98. The molecule has 0 spiro atoms. The summed E-state index contributed by atoms with van der Waals surface area (Å²) >= 11 is 0. The maximum Gasteiger partial charge on any atom is 0.160 e. The van der Waals surface area contributed by atoms with E-state index in [0.29, 0.717) is 5.82 Å². The zero-order valence-electron chi connectivity index (χ0n) is 20.9. The molecule has 4 aromatic carbocycles. The number of hydrogen-bond acceptors (Lipinski definition) is 4. The SMILES string of the molecule is c1ccc(-c2cc(-c3ccc4c(c3)c3ccccc3c3nc5cnccc5n43)nc(-c3ccccc3)n2)cc1. The highest BCUT2D eigenvalue weighted by Gasteiger charge is 2.16. The van der Waals surface area contributed by atoms with Crippen LogP contribution in [0.3, 0.4) is 0 Å². The maximum absolute atomic E-state index is 5.05. The number of aromatic nitrogens is 5. The average Bonchev–Trinajstić information content (AvgIpc) is 3.42. The summed E-state index contributed by atoms with van der Waals surface area (Å²) in [6, 6.07) is 39.6. The van der Waals surface area contributed by atoms with Crippen molar-refractivity contribution < 1.29 is 0 Å². The van der Waals surface area contributed by atoms with Crippen molar-refractivity contribution in [2.24, 2.45) is 0 Å². The molecule has 0 aliphatic rings. The monoisotopic (exact) mass is 499 g/mol. The zero-order chi connectivity index (χ0) is 25.8. The summed E-state index contributed by atoms with van der Waals surface area (Å²) in [5.41, 5.74) is 8.83. The standard InChI is InChI=1S/C34H21N5/c1-3-9-22(10-4-1)28-20-29(37-33(36-28)23-11-5-2-6-12-23)24-15-16-31-27(19-24)25-13-7-8-14-26(25)34-38-30-21-35-18-17-32(30)39(31)34/h1-21H. The quantitative estimate of drug-likeness (QED) is 0.231. The van der Waals surface area contributed by atoms with Crippen LogP contribution in [-0.4, -0.2) is 24.3 Å². The van der Waals surface area contributed by atoms with Gasteiger partial charge in [-0.15, -0.1) is 0 Å². The van der Waals surface area contributed by atoms with Crippen LogP contribution in [0.15, 0.2) is 128 Å². The lowest BCUT2D eigenvalue weighted by atomic mass is 10.0. The summed E-state index contributed by atoms with van der Waals surface area (Å²) < 4.78 is 2.24. The first-order valence-electron chi connectivity index (χ1n) is 12.9. The third-order valence-corrected chi connectivity index (χ3v) is 7.28. The van der Waals surface area contributed by atoms with Crippen LogP contribution in [0, 0.1) is 0 Å². The van der Waals surface area contributed by atoms with Gasteiger partial charge < -0.3 is 0 Å². The molecule has 4 aromatic heterocycles. The van der Waals surface area contributed by atoms with Gasteiger partial charge in [-0.25, -0.2) is 15.0 Å². The second kappa shape index (κ2) is 8.57. The van der Waals surface area contributed by atoms with E-state index in [9.17, 15) is 0 Å². The summed E-state index contributed by atoms with van der Waals surface area (Å²) in [5.74, 6) is 0.709. The fourth-order valence-corrected chi connectivity index (χ4v) is 5.44. The van der Waals surface area contributed by atoms with Gasteiger partial charge in [-0.3, -0.25) is 9.38 Å². The van der Waals surface area contributed by atoms with Gasteiger partial charge in [0.1, 0.15) is 11.2 Å². The molecule has 0 unspecified atom stereocenters. The molecule has 182 valence electrons. The normalized spacial score (nSPS) is 11.6. The van der Waals surface area contributed by atoms with Gasteiger partial charge in [0, 0.05) is 33.7 Å².